The van der Waals surface area contributed by atoms with Gasteiger partial charge >= 0.3 is 7.82 Å². The van der Waals surface area contributed by atoms with Crippen LogP contribution in [0.25, 0.3) is 0 Å². The summed E-state index contributed by atoms with van der Waals surface area (Å²) >= 11 is 0. The first-order chi connectivity index (χ1) is 3.68. The molecule has 0 aliphatic rings. The standard InChI is InChI=1S/C3H9O4P.V/c1-5-8(4,6-2)7-3;/h1-3H3;. The summed E-state index contributed by atoms with van der Waals surface area (Å²) in [5.74, 6) is 0. The first-order valence-corrected chi connectivity index (χ1v) is 3.42. The number of phosphoric ester groups is 1. The molecule has 0 aromatic carbocycles. The van der Waals surface area contributed by atoms with E-state index >= 15 is 0 Å². The molecule has 0 N–H and O–H groups in total. The van der Waals surface area contributed by atoms with Gasteiger partial charge in [0.2, 0.25) is 0 Å². The molecule has 0 saturated heterocycles. The molecule has 0 heterocycles. The Morgan fingerprint density at radius 1 is 1.00 bits per heavy atom. The second kappa shape index (κ2) is 5.48. The molecular formula is C3H9O4PV. The third-order valence-corrected chi connectivity index (χ3v) is 2.01. The van der Waals surface area contributed by atoms with E-state index in [0.717, 1.165) is 0 Å². The van der Waals surface area contributed by atoms with E-state index in [1.165, 1.54) is 21.3 Å². The Morgan fingerprint density at radius 2 is 1.22 bits per heavy atom. The van der Waals surface area contributed by atoms with E-state index in [-0.39, 0.29) is 18.6 Å². The average molecular weight is 191 g/mol. The molecule has 6 heteroatoms. The molecule has 0 rings (SSSR count). The van der Waals surface area contributed by atoms with Gasteiger partial charge in [0.25, 0.3) is 0 Å². The molecule has 0 aromatic rings. The summed E-state index contributed by atoms with van der Waals surface area (Å²) < 4.78 is 23.7. The largest absolute Gasteiger partial charge is 0.473 e. The smallest absolute Gasteiger partial charge is 0.290 e. The van der Waals surface area contributed by atoms with Crippen molar-refractivity contribution in [3.05, 3.63) is 0 Å². The third-order valence-electron chi connectivity index (χ3n) is 0.671. The first kappa shape index (κ1) is 12.4. The predicted molar refractivity (Wildman–Crippen MR) is 28.6 cm³/mol. The average Bonchev–Trinajstić information content (AvgIpc) is 1.87. The summed E-state index contributed by atoms with van der Waals surface area (Å²) in [4.78, 5) is 0. The molecule has 0 aromatic heterocycles. The minimum absolute atomic E-state index is 0. The van der Waals surface area contributed by atoms with E-state index in [0.29, 0.717) is 0 Å². The molecule has 0 amide bonds. The van der Waals surface area contributed by atoms with Crippen molar-refractivity contribution in [3.8, 4) is 0 Å². The van der Waals surface area contributed by atoms with Crippen molar-refractivity contribution in [3.63, 3.8) is 0 Å². The Bertz CT molecular complexity index is 87.0. The molecule has 0 saturated carbocycles. The van der Waals surface area contributed by atoms with Gasteiger partial charge in [0.1, 0.15) is 0 Å². The van der Waals surface area contributed by atoms with Gasteiger partial charge in [-0.15, -0.1) is 0 Å². The van der Waals surface area contributed by atoms with Gasteiger partial charge < -0.3 is 0 Å². The SMILES string of the molecule is COP(=O)(OC)OC.[V]. The van der Waals surface area contributed by atoms with Gasteiger partial charge in [-0.25, -0.2) is 4.57 Å². The molecule has 0 aliphatic heterocycles. The quantitative estimate of drug-likeness (QED) is 0.625. The maximum Gasteiger partial charge on any atom is 0.473 e. The summed E-state index contributed by atoms with van der Waals surface area (Å²) in [5.41, 5.74) is 0. The van der Waals surface area contributed by atoms with Crippen LogP contribution in [-0.2, 0) is 36.7 Å². The van der Waals surface area contributed by atoms with Crippen molar-refractivity contribution in [2.24, 2.45) is 0 Å². The van der Waals surface area contributed by atoms with Crippen LogP contribution in [0.2, 0.25) is 0 Å². The number of rotatable bonds is 3. The van der Waals surface area contributed by atoms with Crippen LogP contribution >= 0.6 is 7.82 Å². The molecule has 0 atom stereocenters. The normalized spacial score (nSPS) is 10.6. The molecule has 0 unspecified atom stereocenters. The Morgan fingerprint density at radius 3 is 1.22 bits per heavy atom. The van der Waals surface area contributed by atoms with E-state index in [2.05, 4.69) is 13.6 Å². The van der Waals surface area contributed by atoms with Gasteiger partial charge in [0.15, 0.2) is 0 Å². The number of hydrogen-bond acceptors (Lipinski definition) is 4. The van der Waals surface area contributed by atoms with Crippen molar-refractivity contribution >= 4 is 7.82 Å². The Kier molecular flexibility index (Phi) is 7.53. The summed E-state index contributed by atoms with van der Waals surface area (Å²) in [6, 6.07) is 0. The minimum atomic E-state index is -3.16. The fraction of sp³-hybridized carbons (Fsp3) is 1.00. The third kappa shape index (κ3) is 4.15. The van der Waals surface area contributed by atoms with E-state index < -0.39 is 7.82 Å². The molecule has 9 heavy (non-hydrogen) atoms. The summed E-state index contributed by atoms with van der Waals surface area (Å²) in [7, 11) is 0.611. The van der Waals surface area contributed by atoms with E-state index in [1.54, 1.807) is 0 Å². The van der Waals surface area contributed by atoms with Crippen LogP contribution in [0.15, 0.2) is 0 Å². The summed E-state index contributed by atoms with van der Waals surface area (Å²) in [6.45, 7) is 0. The van der Waals surface area contributed by atoms with Crippen molar-refractivity contribution in [2.45, 2.75) is 0 Å². The van der Waals surface area contributed by atoms with Crippen LogP contribution in [-0.4, -0.2) is 21.3 Å². The first-order valence-electron chi connectivity index (χ1n) is 1.96. The van der Waals surface area contributed by atoms with E-state index in [1.807, 2.05) is 0 Å². The Balaban J connectivity index is 0. The van der Waals surface area contributed by atoms with Crippen molar-refractivity contribution < 1.29 is 36.7 Å². The van der Waals surface area contributed by atoms with Crippen molar-refractivity contribution in [1.82, 2.24) is 0 Å². The van der Waals surface area contributed by atoms with Crippen LogP contribution in [0.5, 0.6) is 0 Å². The molecule has 0 fully saturated rings. The zero-order chi connectivity index (χ0) is 6.62. The predicted octanol–water partition coefficient (Wildman–Crippen LogP) is 1.03. The maximum atomic E-state index is 10.7. The fourth-order valence-electron chi connectivity index (χ4n) is 0.224. The molecule has 4 nitrogen and oxygen atoms in total. The number of hydrogen-bond donors (Lipinski definition) is 0. The van der Waals surface area contributed by atoms with Crippen molar-refractivity contribution in [2.75, 3.05) is 21.3 Å². The van der Waals surface area contributed by atoms with Crippen molar-refractivity contribution in [1.29, 1.82) is 0 Å². The molecule has 0 bridgehead atoms. The van der Waals surface area contributed by atoms with E-state index in [4.69, 9.17) is 0 Å². The van der Waals surface area contributed by atoms with Gasteiger partial charge in [-0.2, -0.15) is 0 Å². The second-order valence-corrected chi connectivity index (χ2v) is 2.98. The second-order valence-electron chi connectivity index (χ2n) is 0.995. The van der Waals surface area contributed by atoms with Crippen LogP contribution in [0.4, 0.5) is 0 Å². The molecule has 0 aliphatic carbocycles. The Labute approximate surface area is 66.4 Å². The molecular weight excluding hydrogens is 182 g/mol. The fourth-order valence-corrected chi connectivity index (χ4v) is 0.671. The summed E-state index contributed by atoms with van der Waals surface area (Å²) in [5, 5.41) is 0. The minimum Gasteiger partial charge on any atom is -0.290 e. The van der Waals surface area contributed by atoms with Gasteiger partial charge in [0.05, 0.1) is 0 Å². The Hall–Kier alpha value is 0.694. The van der Waals surface area contributed by atoms with Crippen LogP contribution in [0.1, 0.15) is 0 Å². The summed E-state index contributed by atoms with van der Waals surface area (Å²) in [6.07, 6.45) is 0. The van der Waals surface area contributed by atoms with Crippen LogP contribution < -0.4 is 0 Å². The maximum absolute atomic E-state index is 10.7. The van der Waals surface area contributed by atoms with Gasteiger partial charge in [0, 0.05) is 39.9 Å². The molecule has 55 valence electrons. The monoisotopic (exact) mass is 191 g/mol. The zero-order valence-corrected chi connectivity index (χ0v) is 7.82. The number of phosphoric acid groups is 1. The molecule has 0 spiro atoms. The van der Waals surface area contributed by atoms with E-state index in [9.17, 15) is 4.57 Å². The van der Waals surface area contributed by atoms with Gasteiger partial charge in [-0.05, 0) is 0 Å². The van der Waals surface area contributed by atoms with Crippen LogP contribution in [0.3, 0.4) is 0 Å². The van der Waals surface area contributed by atoms with Crippen LogP contribution in [0, 0.1) is 0 Å². The zero-order valence-electron chi connectivity index (χ0n) is 5.53. The van der Waals surface area contributed by atoms with Gasteiger partial charge in [-0.3, -0.25) is 13.6 Å². The topological polar surface area (TPSA) is 44.8 Å². The van der Waals surface area contributed by atoms with Gasteiger partial charge in [-0.1, -0.05) is 0 Å². The molecule has 1 radical (unpaired) electrons.